The maximum Gasteiger partial charge on any atom is 0.219 e. The summed E-state index contributed by atoms with van der Waals surface area (Å²) in [6.45, 7) is 15.6. The SMILES string of the molecule is CCCCOc1ccc(C(=O)S[C@H]2CC[C@@]3(C)C(=CC[C@@H]4[C@H]5CC[C@@H]([C@H](C)CCCC(C)C)[C@@]5(C)CC[C@H]43)C2)cc1. The fourth-order valence-electron chi connectivity index (χ4n) is 9.99. The molecule has 1 aromatic rings. The van der Waals surface area contributed by atoms with Gasteiger partial charge in [-0.3, -0.25) is 4.79 Å². The average molecular weight is 579 g/mol. The second kappa shape index (κ2) is 13.2. The first-order chi connectivity index (χ1) is 19.7. The van der Waals surface area contributed by atoms with Crippen LogP contribution in [0.1, 0.15) is 135 Å². The molecule has 8 atom stereocenters. The Balaban J connectivity index is 1.19. The van der Waals surface area contributed by atoms with E-state index in [0.29, 0.717) is 16.1 Å². The van der Waals surface area contributed by atoms with Gasteiger partial charge >= 0.3 is 0 Å². The fourth-order valence-corrected chi connectivity index (χ4v) is 11.1. The minimum Gasteiger partial charge on any atom is -0.494 e. The monoisotopic (exact) mass is 578 g/mol. The minimum absolute atomic E-state index is 0.223. The summed E-state index contributed by atoms with van der Waals surface area (Å²) >= 11 is 1.59. The van der Waals surface area contributed by atoms with Crippen LogP contribution in [0.3, 0.4) is 0 Å². The Bertz CT molecular complexity index is 1060. The van der Waals surface area contributed by atoms with E-state index in [1.807, 2.05) is 24.3 Å². The topological polar surface area (TPSA) is 26.3 Å². The molecule has 3 fully saturated rings. The number of carbonyl (C=O) groups is 1. The van der Waals surface area contributed by atoms with Gasteiger partial charge < -0.3 is 4.74 Å². The van der Waals surface area contributed by atoms with Crippen molar-refractivity contribution in [1.82, 2.24) is 0 Å². The molecule has 41 heavy (non-hydrogen) atoms. The number of hydrogen-bond acceptors (Lipinski definition) is 3. The number of ether oxygens (including phenoxy) is 1. The Labute approximate surface area is 256 Å². The van der Waals surface area contributed by atoms with Crippen LogP contribution >= 0.6 is 11.8 Å². The van der Waals surface area contributed by atoms with E-state index in [2.05, 4.69) is 47.6 Å². The second-order valence-electron chi connectivity index (χ2n) is 15.3. The summed E-state index contributed by atoms with van der Waals surface area (Å²) in [7, 11) is 0. The van der Waals surface area contributed by atoms with Crippen LogP contribution in [0.15, 0.2) is 35.9 Å². The first-order valence-corrected chi connectivity index (χ1v) is 18.2. The molecule has 2 nitrogen and oxygen atoms in total. The van der Waals surface area contributed by atoms with Gasteiger partial charge in [-0.25, -0.2) is 0 Å². The van der Waals surface area contributed by atoms with E-state index in [9.17, 15) is 4.79 Å². The molecule has 0 N–H and O–H groups in total. The van der Waals surface area contributed by atoms with Gasteiger partial charge in [0.1, 0.15) is 5.75 Å². The first-order valence-electron chi connectivity index (χ1n) is 17.3. The number of unbranched alkanes of at least 4 members (excludes halogenated alkanes) is 1. The molecule has 0 radical (unpaired) electrons. The molecule has 0 heterocycles. The molecule has 0 unspecified atom stereocenters. The molecule has 3 saturated carbocycles. The van der Waals surface area contributed by atoms with Crippen molar-refractivity contribution in [2.45, 2.75) is 130 Å². The van der Waals surface area contributed by atoms with Crippen LogP contribution in [0.25, 0.3) is 0 Å². The van der Waals surface area contributed by atoms with Gasteiger partial charge in [0.2, 0.25) is 5.12 Å². The predicted molar refractivity (Wildman–Crippen MR) is 176 cm³/mol. The summed E-state index contributed by atoms with van der Waals surface area (Å²) in [4.78, 5) is 13.2. The average Bonchev–Trinajstić information content (AvgIpc) is 3.31. The quantitative estimate of drug-likeness (QED) is 0.193. The number of hydrogen-bond donors (Lipinski definition) is 0. The highest BCUT2D eigenvalue weighted by molar-refractivity contribution is 8.14. The van der Waals surface area contributed by atoms with Crippen molar-refractivity contribution < 1.29 is 9.53 Å². The van der Waals surface area contributed by atoms with Crippen LogP contribution in [0.5, 0.6) is 5.75 Å². The van der Waals surface area contributed by atoms with E-state index in [1.165, 1.54) is 64.2 Å². The fraction of sp³-hybridized carbons (Fsp3) is 0.763. The molecular weight excluding hydrogens is 520 g/mol. The molecule has 0 aromatic heterocycles. The summed E-state index contributed by atoms with van der Waals surface area (Å²) in [5.74, 6) is 6.14. The van der Waals surface area contributed by atoms with Crippen molar-refractivity contribution in [3.63, 3.8) is 0 Å². The largest absolute Gasteiger partial charge is 0.494 e. The summed E-state index contributed by atoms with van der Waals surface area (Å²) in [6, 6.07) is 7.82. The number of rotatable bonds is 11. The van der Waals surface area contributed by atoms with Gasteiger partial charge in [0.15, 0.2) is 0 Å². The van der Waals surface area contributed by atoms with E-state index in [1.54, 1.807) is 17.3 Å². The van der Waals surface area contributed by atoms with E-state index in [4.69, 9.17) is 4.74 Å². The van der Waals surface area contributed by atoms with Crippen LogP contribution in [-0.4, -0.2) is 17.0 Å². The molecule has 5 rings (SSSR count). The molecule has 0 aliphatic heterocycles. The molecule has 4 aliphatic carbocycles. The Morgan fingerprint density at radius 3 is 2.49 bits per heavy atom. The Morgan fingerprint density at radius 2 is 1.76 bits per heavy atom. The van der Waals surface area contributed by atoms with Crippen molar-refractivity contribution in [2.75, 3.05) is 6.61 Å². The third-order valence-corrected chi connectivity index (χ3v) is 13.6. The highest BCUT2D eigenvalue weighted by atomic mass is 32.2. The molecule has 0 saturated heterocycles. The van der Waals surface area contributed by atoms with Gasteiger partial charge in [-0.2, -0.15) is 0 Å². The molecule has 4 aliphatic rings. The van der Waals surface area contributed by atoms with Crippen LogP contribution in [0, 0.1) is 46.3 Å². The minimum atomic E-state index is 0.223. The number of benzene rings is 1. The molecule has 0 amide bonds. The Morgan fingerprint density at radius 1 is 0.976 bits per heavy atom. The maximum atomic E-state index is 13.2. The lowest BCUT2D eigenvalue weighted by molar-refractivity contribution is -0.0497. The summed E-state index contributed by atoms with van der Waals surface area (Å²) in [5.41, 5.74) is 3.40. The number of carbonyl (C=O) groups excluding carboxylic acids is 1. The van der Waals surface area contributed by atoms with Gasteiger partial charge in [-0.1, -0.05) is 90.6 Å². The van der Waals surface area contributed by atoms with Gasteiger partial charge in [0, 0.05) is 10.8 Å². The molecule has 0 bridgehead atoms. The van der Waals surface area contributed by atoms with E-state index >= 15 is 0 Å². The van der Waals surface area contributed by atoms with Gasteiger partial charge in [0.05, 0.1) is 6.61 Å². The normalized spacial score (nSPS) is 35.3. The predicted octanol–water partition coefficient (Wildman–Crippen LogP) is 11.1. The summed E-state index contributed by atoms with van der Waals surface area (Å²) < 4.78 is 5.79. The van der Waals surface area contributed by atoms with Crippen molar-refractivity contribution in [3.05, 3.63) is 41.5 Å². The number of allylic oxidation sites excluding steroid dienone is 2. The molecule has 228 valence electrons. The lowest BCUT2D eigenvalue weighted by atomic mass is 9.47. The zero-order valence-electron chi connectivity index (χ0n) is 27.1. The molecule has 1 aromatic carbocycles. The van der Waals surface area contributed by atoms with E-state index < -0.39 is 0 Å². The zero-order valence-corrected chi connectivity index (χ0v) is 27.9. The number of fused-ring (bicyclic) bond motifs is 5. The molecule has 3 heteroatoms. The smallest absolute Gasteiger partial charge is 0.219 e. The van der Waals surface area contributed by atoms with E-state index in [0.717, 1.165) is 72.7 Å². The van der Waals surface area contributed by atoms with Crippen molar-refractivity contribution in [3.8, 4) is 5.75 Å². The van der Waals surface area contributed by atoms with Crippen LogP contribution in [0.4, 0.5) is 0 Å². The molecular formula is C38H58O2S. The van der Waals surface area contributed by atoms with Crippen molar-refractivity contribution >= 4 is 16.9 Å². The lowest BCUT2D eigenvalue weighted by Gasteiger charge is -2.58. The van der Waals surface area contributed by atoms with Crippen LogP contribution < -0.4 is 4.74 Å². The summed E-state index contributed by atoms with van der Waals surface area (Å²) in [6.07, 6.45) is 19.7. The lowest BCUT2D eigenvalue weighted by Crippen LogP contribution is -2.50. The zero-order chi connectivity index (χ0) is 29.2. The van der Waals surface area contributed by atoms with E-state index in [-0.39, 0.29) is 5.12 Å². The van der Waals surface area contributed by atoms with Crippen molar-refractivity contribution in [2.24, 2.45) is 46.3 Å². The highest BCUT2D eigenvalue weighted by Gasteiger charge is 2.59. The first kappa shape index (κ1) is 31.2. The third kappa shape index (κ3) is 6.51. The molecule has 0 spiro atoms. The number of thioether (sulfide) groups is 1. The van der Waals surface area contributed by atoms with Gasteiger partial charge in [0.25, 0.3) is 0 Å². The second-order valence-corrected chi connectivity index (χ2v) is 16.6. The standard InChI is InChI=1S/C38H58O2S/c1-7-8-24-40-30-15-12-28(13-16-30)36(39)41-31-20-22-37(5)29(25-31)14-17-32-34-19-18-33(27(4)11-9-10-26(2)3)38(34,6)23-21-35(32)37/h12-16,26-27,31-35H,7-11,17-25H2,1-6H3/t27-,31+,32-,33+,34-,35-,37+,38-/m1/s1. The maximum absolute atomic E-state index is 13.2. The summed E-state index contributed by atoms with van der Waals surface area (Å²) in [5, 5.41) is 0.635. The van der Waals surface area contributed by atoms with Gasteiger partial charge in [-0.05, 0) is 128 Å². The Hall–Kier alpha value is -1.22. The van der Waals surface area contributed by atoms with Crippen LogP contribution in [-0.2, 0) is 0 Å². The highest BCUT2D eigenvalue weighted by Crippen LogP contribution is 2.67. The van der Waals surface area contributed by atoms with Crippen LogP contribution in [0.2, 0.25) is 0 Å². The third-order valence-electron chi connectivity index (χ3n) is 12.4. The van der Waals surface area contributed by atoms with Crippen molar-refractivity contribution in [1.29, 1.82) is 0 Å². The Kier molecular flexibility index (Phi) is 10.0. The van der Waals surface area contributed by atoms with Gasteiger partial charge in [-0.15, -0.1) is 0 Å².